The SMILES string of the molecule is CC(=O)Nc1cccc(N2CCN(CCCCNOC=O)CC2)c1.CCC(C)C. The van der Waals surface area contributed by atoms with E-state index in [0.717, 1.165) is 62.9 Å². The standard InChI is InChI=1S/C17H26N4O3.C5H12/c1-15(23)19-16-5-4-6-17(13-16)21-11-9-20(10-12-21)8-3-2-7-18-24-14-22;1-4-5(2)3/h4-6,13-14,18H,2-3,7-12H2,1H3,(H,19,23);5H,4H2,1-3H3. The monoisotopic (exact) mass is 406 g/mol. The van der Waals surface area contributed by atoms with E-state index in [1.807, 2.05) is 18.2 Å². The van der Waals surface area contributed by atoms with Crippen LogP contribution < -0.4 is 15.7 Å². The third kappa shape index (κ3) is 11.5. The Kier molecular flexibility index (Phi) is 12.7. The summed E-state index contributed by atoms with van der Waals surface area (Å²) >= 11 is 0. The predicted octanol–water partition coefficient (Wildman–Crippen LogP) is 3.28. The average molecular weight is 407 g/mol. The quantitative estimate of drug-likeness (QED) is 0.353. The second-order valence-corrected chi connectivity index (χ2v) is 7.68. The molecule has 164 valence electrons. The fourth-order valence-corrected chi connectivity index (χ4v) is 2.84. The Labute approximate surface area is 175 Å². The van der Waals surface area contributed by atoms with Crippen molar-refractivity contribution >= 4 is 23.8 Å². The number of hydrogen-bond acceptors (Lipinski definition) is 6. The van der Waals surface area contributed by atoms with E-state index in [-0.39, 0.29) is 5.91 Å². The van der Waals surface area contributed by atoms with Crippen LogP contribution in [-0.2, 0) is 14.4 Å². The summed E-state index contributed by atoms with van der Waals surface area (Å²) < 4.78 is 0. The number of hydrogen-bond donors (Lipinski definition) is 2. The molecule has 1 aromatic carbocycles. The number of amides is 1. The maximum absolute atomic E-state index is 11.2. The number of carbonyl (C=O) groups is 2. The minimum Gasteiger partial charge on any atom is -0.374 e. The van der Waals surface area contributed by atoms with Gasteiger partial charge in [-0.1, -0.05) is 33.3 Å². The van der Waals surface area contributed by atoms with Crippen molar-refractivity contribution in [1.29, 1.82) is 0 Å². The van der Waals surface area contributed by atoms with E-state index in [0.29, 0.717) is 13.0 Å². The number of benzene rings is 1. The number of carbonyl (C=O) groups excluding carboxylic acids is 2. The van der Waals surface area contributed by atoms with Gasteiger partial charge in [0.15, 0.2) is 0 Å². The van der Waals surface area contributed by atoms with Crippen LogP contribution in [0.1, 0.15) is 47.0 Å². The Hall–Kier alpha value is -2.12. The van der Waals surface area contributed by atoms with Crippen molar-refractivity contribution in [3.05, 3.63) is 24.3 Å². The Morgan fingerprint density at radius 1 is 1.21 bits per heavy atom. The Bertz CT molecular complexity index is 587. The lowest BCUT2D eigenvalue weighted by molar-refractivity contribution is -0.135. The molecule has 0 bridgehead atoms. The smallest absolute Gasteiger partial charge is 0.312 e. The second kappa shape index (κ2) is 14.8. The number of hydroxylamine groups is 1. The lowest BCUT2D eigenvalue weighted by Crippen LogP contribution is -2.46. The van der Waals surface area contributed by atoms with Gasteiger partial charge in [0.1, 0.15) is 0 Å². The summed E-state index contributed by atoms with van der Waals surface area (Å²) in [5.74, 6) is 0.833. The molecule has 0 unspecified atom stereocenters. The van der Waals surface area contributed by atoms with E-state index < -0.39 is 0 Å². The minimum absolute atomic E-state index is 0.0509. The summed E-state index contributed by atoms with van der Waals surface area (Å²) in [6.07, 6.45) is 3.36. The highest BCUT2D eigenvalue weighted by Crippen LogP contribution is 2.21. The van der Waals surface area contributed by atoms with Crippen LogP contribution in [0.5, 0.6) is 0 Å². The zero-order chi connectivity index (χ0) is 21.5. The van der Waals surface area contributed by atoms with Crippen molar-refractivity contribution in [1.82, 2.24) is 10.4 Å². The van der Waals surface area contributed by atoms with Crippen LogP contribution in [0.2, 0.25) is 0 Å². The molecule has 1 aromatic rings. The lowest BCUT2D eigenvalue weighted by Gasteiger charge is -2.36. The molecule has 1 amide bonds. The first kappa shape index (κ1) is 24.9. The van der Waals surface area contributed by atoms with Crippen LogP contribution >= 0.6 is 0 Å². The highest BCUT2D eigenvalue weighted by atomic mass is 16.7. The molecule has 2 rings (SSSR count). The van der Waals surface area contributed by atoms with E-state index >= 15 is 0 Å². The highest BCUT2D eigenvalue weighted by Gasteiger charge is 2.17. The van der Waals surface area contributed by atoms with Gasteiger partial charge in [-0.2, -0.15) is 5.48 Å². The summed E-state index contributed by atoms with van der Waals surface area (Å²) in [6.45, 7) is 14.3. The summed E-state index contributed by atoms with van der Waals surface area (Å²) in [7, 11) is 0. The molecule has 1 aliphatic heterocycles. The molecule has 0 aliphatic carbocycles. The fourth-order valence-electron chi connectivity index (χ4n) is 2.84. The van der Waals surface area contributed by atoms with Gasteiger partial charge in [-0.3, -0.25) is 14.5 Å². The van der Waals surface area contributed by atoms with E-state index in [1.54, 1.807) is 0 Å². The zero-order valence-electron chi connectivity index (χ0n) is 18.4. The molecule has 1 heterocycles. The van der Waals surface area contributed by atoms with Gasteiger partial charge in [0.05, 0.1) is 0 Å². The van der Waals surface area contributed by atoms with Crippen molar-refractivity contribution in [2.45, 2.75) is 47.0 Å². The first-order valence-electron chi connectivity index (χ1n) is 10.6. The van der Waals surface area contributed by atoms with Gasteiger partial charge < -0.3 is 15.1 Å². The molecule has 2 N–H and O–H groups in total. The predicted molar refractivity (Wildman–Crippen MR) is 119 cm³/mol. The Balaban J connectivity index is 0.000000749. The van der Waals surface area contributed by atoms with E-state index in [4.69, 9.17) is 0 Å². The van der Waals surface area contributed by atoms with Gasteiger partial charge in [-0.25, -0.2) is 0 Å². The molecule has 7 nitrogen and oxygen atoms in total. The molecule has 0 radical (unpaired) electrons. The number of anilines is 2. The van der Waals surface area contributed by atoms with E-state index in [9.17, 15) is 9.59 Å². The molecule has 0 saturated carbocycles. The maximum atomic E-state index is 11.2. The zero-order valence-corrected chi connectivity index (χ0v) is 18.4. The molecule has 1 fully saturated rings. The van der Waals surface area contributed by atoms with Crippen molar-refractivity contribution < 1.29 is 14.4 Å². The molecule has 0 spiro atoms. The first-order valence-corrected chi connectivity index (χ1v) is 10.6. The number of unbranched alkanes of at least 4 members (excludes halogenated alkanes) is 1. The van der Waals surface area contributed by atoms with Crippen LogP contribution in [0, 0.1) is 5.92 Å². The van der Waals surface area contributed by atoms with Crippen molar-refractivity contribution in [2.75, 3.05) is 49.5 Å². The summed E-state index contributed by atoms with van der Waals surface area (Å²) in [4.78, 5) is 30.4. The minimum atomic E-state index is -0.0509. The van der Waals surface area contributed by atoms with Crippen molar-refractivity contribution in [3.8, 4) is 0 Å². The molecule has 1 saturated heterocycles. The van der Waals surface area contributed by atoms with Crippen LogP contribution in [0.25, 0.3) is 0 Å². The number of rotatable bonds is 10. The average Bonchev–Trinajstić information content (AvgIpc) is 2.71. The molecular formula is C22H38N4O3. The molecule has 0 atom stereocenters. The largest absolute Gasteiger partial charge is 0.374 e. The summed E-state index contributed by atoms with van der Waals surface area (Å²) in [5.41, 5.74) is 4.58. The maximum Gasteiger partial charge on any atom is 0.312 e. The van der Waals surface area contributed by atoms with Gasteiger partial charge in [-0.15, -0.1) is 0 Å². The molecular weight excluding hydrogens is 368 g/mol. The van der Waals surface area contributed by atoms with Gasteiger partial charge in [-0.05, 0) is 43.5 Å². The third-order valence-electron chi connectivity index (χ3n) is 4.86. The Morgan fingerprint density at radius 3 is 2.48 bits per heavy atom. The lowest BCUT2D eigenvalue weighted by atomic mass is 10.2. The molecule has 1 aliphatic rings. The van der Waals surface area contributed by atoms with Gasteiger partial charge in [0.25, 0.3) is 0 Å². The summed E-state index contributed by atoms with van der Waals surface area (Å²) in [5, 5.41) is 2.83. The number of nitrogens with zero attached hydrogens (tertiary/aromatic N) is 2. The van der Waals surface area contributed by atoms with Crippen LogP contribution in [0.4, 0.5) is 11.4 Å². The van der Waals surface area contributed by atoms with Gasteiger partial charge in [0.2, 0.25) is 5.91 Å². The second-order valence-electron chi connectivity index (χ2n) is 7.68. The van der Waals surface area contributed by atoms with Crippen LogP contribution in [0.3, 0.4) is 0 Å². The van der Waals surface area contributed by atoms with Crippen LogP contribution in [-0.4, -0.2) is 56.5 Å². The van der Waals surface area contributed by atoms with Crippen molar-refractivity contribution in [3.63, 3.8) is 0 Å². The van der Waals surface area contributed by atoms with E-state index in [2.05, 4.69) is 52.3 Å². The molecule has 29 heavy (non-hydrogen) atoms. The molecule has 7 heteroatoms. The number of nitrogens with one attached hydrogen (secondary N) is 2. The van der Waals surface area contributed by atoms with Crippen LogP contribution in [0.15, 0.2) is 24.3 Å². The Morgan fingerprint density at radius 2 is 1.90 bits per heavy atom. The fraction of sp³-hybridized carbons (Fsp3) is 0.636. The van der Waals surface area contributed by atoms with Gasteiger partial charge >= 0.3 is 6.47 Å². The normalized spacial score (nSPS) is 14.2. The number of piperazine rings is 1. The third-order valence-corrected chi connectivity index (χ3v) is 4.86. The summed E-state index contributed by atoms with van der Waals surface area (Å²) in [6, 6.07) is 7.99. The van der Waals surface area contributed by atoms with Crippen molar-refractivity contribution in [2.24, 2.45) is 5.92 Å². The van der Waals surface area contributed by atoms with E-state index in [1.165, 1.54) is 13.3 Å². The highest BCUT2D eigenvalue weighted by molar-refractivity contribution is 5.89. The van der Waals surface area contributed by atoms with Gasteiger partial charge in [0, 0.05) is 51.0 Å². The topological polar surface area (TPSA) is 73.9 Å². The molecule has 0 aromatic heterocycles. The first-order chi connectivity index (χ1) is 14.0.